The molecule has 1 N–H and O–H groups in total. The van der Waals surface area contributed by atoms with Gasteiger partial charge in [0.05, 0.1) is 27.4 Å². The van der Waals surface area contributed by atoms with Gasteiger partial charge in [-0.05, 0) is 84.5 Å². The van der Waals surface area contributed by atoms with Crippen LogP contribution in [0.2, 0.25) is 0 Å². The van der Waals surface area contributed by atoms with Crippen LogP contribution in [0.3, 0.4) is 0 Å². The zero-order chi connectivity index (χ0) is 20.3. The van der Waals surface area contributed by atoms with Gasteiger partial charge in [-0.25, -0.2) is 0 Å². The van der Waals surface area contributed by atoms with E-state index in [4.69, 9.17) is 21.7 Å². The van der Waals surface area contributed by atoms with Gasteiger partial charge in [0.2, 0.25) is 0 Å². The molecule has 0 atom stereocenters. The fourth-order valence-corrected chi connectivity index (χ4v) is 4.57. The number of phenolic OH excluding ortho intramolecular Hbond substituents is 1. The summed E-state index contributed by atoms with van der Waals surface area (Å²) in [4.78, 5) is 15.0. The van der Waals surface area contributed by atoms with Gasteiger partial charge in [0.15, 0.2) is 15.8 Å². The zero-order valence-corrected chi connectivity index (χ0v) is 19.1. The van der Waals surface area contributed by atoms with Crippen LogP contribution in [-0.2, 0) is 4.79 Å². The lowest BCUT2D eigenvalue weighted by molar-refractivity contribution is -0.113. The number of benzene rings is 2. The molecule has 0 aliphatic carbocycles. The maximum absolute atomic E-state index is 12.9. The molecule has 0 spiro atoms. The third kappa shape index (κ3) is 4.44. The molecule has 5 nitrogen and oxygen atoms in total. The lowest BCUT2D eigenvalue weighted by Gasteiger charge is -2.15. The fraction of sp³-hybridized carbons (Fsp3) is 0.200. The van der Waals surface area contributed by atoms with Crippen molar-refractivity contribution in [3.05, 3.63) is 50.4 Å². The van der Waals surface area contributed by atoms with Crippen molar-refractivity contribution in [3.8, 4) is 17.2 Å². The maximum atomic E-state index is 12.9. The Balaban J connectivity index is 1.89. The lowest BCUT2D eigenvalue weighted by Crippen LogP contribution is -2.27. The minimum atomic E-state index is -0.180. The number of nitrogens with zero attached hydrogens (tertiary/aromatic N) is 1. The monoisotopic (exact) mass is 527 g/mol. The first-order chi connectivity index (χ1) is 13.4. The smallest absolute Gasteiger partial charge is 0.270 e. The van der Waals surface area contributed by atoms with Crippen molar-refractivity contribution in [3.63, 3.8) is 0 Å². The number of rotatable bonds is 6. The largest absolute Gasteiger partial charge is 0.504 e. The molecule has 0 bridgehead atoms. The van der Waals surface area contributed by atoms with Gasteiger partial charge < -0.3 is 14.6 Å². The molecule has 0 unspecified atom stereocenters. The first-order valence-corrected chi connectivity index (χ1v) is 10.9. The molecule has 1 amide bonds. The molecule has 0 saturated carbocycles. The van der Waals surface area contributed by atoms with E-state index in [0.717, 1.165) is 11.3 Å². The highest BCUT2D eigenvalue weighted by Crippen LogP contribution is 2.38. The van der Waals surface area contributed by atoms with Crippen molar-refractivity contribution in [1.82, 2.24) is 0 Å². The van der Waals surface area contributed by atoms with Crippen molar-refractivity contribution < 1.29 is 19.4 Å². The predicted octanol–water partition coefficient (Wildman–Crippen LogP) is 5.20. The van der Waals surface area contributed by atoms with Crippen LogP contribution >= 0.6 is 46.6 Å². The van der Waals surface area contributed by atoms with E-state index in [2.05, 4.69) is 0 Å². The predicted molar refractivity (Wildman–Crippen MR) is 125 cm³/mol. The number of thiocarbonyl (C=S) groups is 1. The summed E-state index contributed by atoms with van der Waals surface area (Å²) in [5.41, 5.74) is 1.46. The van der Waals surface area contributed by atoms with Crippen LogP contribution < -0.4 is 14.4 Å². The van der Waals surface area contributed by atoms with Gasteiger partial charge in [-0.2, -0.15) is 0 Å². The molecule has 1 saturated heterocycles. The first kappa shape index (κ1) is 20.9. The molecule has 28 heavy (non-hydrogen) atoms. The van der Waals surface area contributed by atoms with Crippen LogP contribution in [0.1, 0.15) is 19.4 Å². The van der Waals surface area contributed by atoms with Crippen molar-refractivity contribution in [2.75, 3.05) is 18.1 Å². The van der Waals surface area contributed by atoms with E-state index >= 15 is 0 Å². The lowest BCUT2D eigenvalue weighted by atomic mass is 10.2. The van der Waals surface area contributed by atoms with Crippen molar-refractivity contribution in [2.45, 2.75) is 13.8 Å². The standard InChI is InChI=1S/C20H18INO4S2/c1-3-25-14-7-5-13(6-8-14)22-19(24)17(28-20(22)27)11-12-9-15(21)18(23)16(10-12)26-4-2/h5-11,23H,3-4H2,1-2H3/b17-11-. The summed E-state index contributed by atoms with van der Waals surface area (Å²) in [6, 6.07) is 10.8. The number of phenols is 1. The van der Waals surface area contributed by atoms with E-state index in [1.165, 1.54) is 16.7 Å². The van der Waals surface area contributed by atoms with Gasteiger partial charge in [0, 0.05) is 0 Å². The second kappa shape index (κ2) is 9.15. The summed E-state index contributed by atoms with van der Waals surface area (Å²) in [6.45, 7) is 4.79. The molecule has 2 aromatic carbocycles. The van der Waals surface area contributed by atoms with E-state index in [0.29, 0.717) is 37.4 Å². The summed E-state index contributed by atoms with van der Waals surface area (Å²) in [5.74, 6) is 1.05. The normalized spacial score (nSPS) is 15.4. The molecule has 1 heterocycles. The topological polar surface area (TPSA) is 59.0 Å². The fourth-order valence-electron chi connectivity index (χ4n) is 2.64. The number of halogens is 1. The quantitative estimate of drug-likeness (QED) is 0.317. The Morgan fingerprint density at radius 2 is 1.86 bits per heavy atom. The van der Waals surface area contributed by atoms with Gasteiger partial charge in [0.1, 0.15) is 5.75 Å². The van der Waals surface area contributed by atoms with Crippen LogP contribution in [0.5, 0.6) is 17.2 Å². The minimum Gasteiger partial charge on any atom is -0.504 e. The first-order valence-electron chi connectivity index (χ1n) is 8.60. The Kier molecular flexibility index (Phi) is 6.84. The van der Waals surface area contributed by atoms with E-state index < -0.39 is 0 Å². The highest BCUT2D eigenvalue weighted by atomic mass is 127. The Morgan fingerprint density at radius 1 is 1.18 bits per heavy atom. The summed E-state index contributed by atoms with van der Waals surface area (Å²) < 4.78 is 12.0. The van der Waals surface area contributed by atoms with Gasteiger partial charge in [0.25, 0.3) is 5.91 Å². The summed E-state index contributed by atoms with van der Waals surface area (Å²) in [6.07, 6.45) is 1.76. The molecular formula is C20H18INO4S2. The highest BCUT2D eigenvalue weighted by molar-refractivity contribution is 14.1. The summed E-state index contributed by atoms with van der Waals surface area (Å²) >= 11 is 8.70. The third-order valence-corrected chi connectivity index (χ3v) is 5.97. The second-order valence-corrected chi connectivity index (χ2v) is 8.56. The van der Waals surface area contributed by atoms with E-state index in [1.54, 1.807) is 18.2 Å². The van der Waals surface area contributed by atoms with Crippen LogP contribution in [-0.4, -0.2) is 28.5 Å². The molecule has 1 aliphatic rings. The molecule has 1 aliphatic heterocycles. The molecule has 0 aromatic heterocycles. The second-order valence-electron chi connectivity index (χ2n) is 5.73. The number of aromatic hydroxyl groups is 1. The van der Waals surface area contributed by atoms with Crippen molar-refractivity contribution in [2.24, 2.45) is 0 Å². The number of anilines is 1. The van der Waals surface area contributed by atoms with E-state index in [-0.39, 0.29) is 11.7 Å². The minimum absolute atomic E-state index is 0.0986. The number of ether oxygens (including phenoxy) is 2. The van der Waals surface area contributed by atoms with E-state index in [9.17, 15) is 9.90 Å². The molecular weight excluding hydrogens is 509 g/mol. The summed E-state index contributed by atoms with van der Waals surface area (Å²) in [7, 11) is 0. The van der Waals surface area contributed by atoms with Gasteiger partial charge in [-0.15, -0.1) is 0 Å². The zero-order valence-electron chi connectivity index (χ0n) is 15.3. The third-order valence-electron chi connectivity index (χ3n) is 3.85. The molecule has 3 rings (SSSR count). The number of thioether (sulfide) groups is 1. The Bertz CT molecular complexity index is 944. The maximum Gasteiger partial charge on any atom is 0.270 e. The Labute approximate surface area is 186 Å². The van der Waals surface area contributed by atoms with Crippen LogP contribution in [0.25, 0.3) is 6.08 Å². The number of amides is 1. The molecule has 1 fully saturated rings. The molecule has 8 heteroatoms. The average molecular weight is 527 g/mol. The average Bonchev–Trinajstić information content (AvgIpc) is 2.94. The Morgan fingerprint density at radius 3 is 2.50 bits per heavy atom. The van der Waals surface area contributed by atoms with Crippen LogP contribution in [0, 0.1) is 3.57 Å². The number of carbonyl (C=O) groups excluding carboxylic acids is 1. The van der Waals surface area contributed by atoms with Gasteiger partial charge >= 0.3 is 0 Å². The number of carbonyl (C=O) groups is 1. The van der Waals surface area contributed by atoms with E-state index in [1.807, 2.05) is 60.7 Å². The van der Waals surface area contributed by atoms with Crippen LogP contribution in [0.4, 0.5) is 5.69 Å². The van der Waals surface area contributed by atoms with Crippen molar-refractivity contribution >= 4 is 68.6 Å². The Hall–Kier alpha value is -1.78. The van der Waals surface area contributed by atoms with Gasteiger partial charge in [-0.1, -0.05) is 24.0 Å². The molecule has 146 valence electrons. The van der Waals surface area contributed by atoms with Crippen molar-refractivity contribution in [1.29, 1.82) is 0 Å². The molecule has 0 radical (unpaired) electrons. The molecule has 2 aromatic rings. The number of hydrogen-bond donors (Lipinski definition) is 1. The number of hydrogen-bond acceptors (Lipinski definition) is 6. The summed E-state index contributed by atoms with van der Waals surface area (Å²) in [5, 5.41) is 10.1. The van der Waals surface area contributed by atoms with Gasteiger partial charge in [-0.3, -0.25) is 9.69 Å². The van der Waals surface area contributed by atoms with Crippen LogP contribution in [0.15, 0.2) is 41.3 Å². The highest BCUT2D eigenvalue weighted by Gasteiger charge is 2.33. The SMILES string of the molecule is CCOc1ccc(N2C(=O)/C(=C/c3cc(I)c(O)c(OCC)c3)SC2=S)cc1.